The van der Waals surface area contributed by atoms with E-state index in [9.17, 15) is 9.18 Å². The number of hydrogen-bond donors (Lipinski definition) is 1. The predicted molar refractivity (Wildman–Crippen MR) is 125 cm³/mol. The van der Waals surface area contributed by atoms with Crippen LogP contribution in [0.5, 0.6) is 0 Å². The highest BCUT2D eigenvalue weighted by molar-refractivity contribution is 5.94. The number of nitrogens with one attached hydrogen (secondary N) is 1. The topological polar surface area (TPSA) is 57.3 Å². The third-order valence-corrected chi connectivity index (χ3v) is 6.31. The normalized spacial score (nSPS) is 17.2. The highest BCUT2D eigenvalue weighted by Gasteiger charge is 2.20. The van der Waals surface area contributed by atoms with Gasteiger partial charge in [0.2, 0.25) is 0 Å². The van der Waals surface area contributed by atoms with Crippen molar-refractivity contribution in [2.75, 3.05) is 32.7 Å². The zero-order chi connectivity index (χ0) is 22.2. The molecule has 7 nitrogen and oxygen atoms in total. The van der Waals surface area contributed by atoms with Gasteiger partial charge in [0.25, 0.3) is 5.56 Å². The molecule has 0 spiro atoms. The molecule has 32 heavy (non-hydrogen) atoms. The molecule has 5 rings (SSSR count). The fraction of sp³-hybridized carbons (Fsp3) is 0.333. The molecule has 1 aromatic carbocycles. The van der Waals surface area contributed by atoms with Crippen molar-refractivity contribution >= 4 is 22.4 Å². The molecule has 0 saturated carbocycles. The second-order valence-corrected chi connectivity index (χ2v) is 8.41. The van der Waals surface area contributed by atoms with Crippen LogP contribution in [0.4, 0.5) is 4.39 Å². The smallest absolute Gasteiger partial charge is 0.275 e. The first kappa shape index (κ1) is 20.5. The van der Waals surface area contributed by atoms with Crippen molar-refractivity contribution in [1.82, 2.24) is 24.2 Å². The number of hydrogen-bond acceptors (Lipinski definition) is 5. The molecule has 166 valence electrons. The largest absolute Gasteiger partial charge is 0.353 e. The van der Waals surface area contributed by atoms with E-state index < -0.39 is 0 Å². The van der Waals surface area contributed by atoms with Crippen LogP contribution in [0, 0.1) is 12.7 Å². The van der Waals surface area contributed by atoms with Gasteiger partial charge in [-0.1, -0.05) is 6.58 Å². The van der Waals surface area contributed by atoms with Crippen LogP contribution in [0.3, 0.4) is 0 Å². The van der Waals surface area contributed by atoms with Crippen LogP contribution >= 0.6 is 0 Å². The number of halogens is 1. The lowest BCUT2D eigenvalue weighted by molar-refractivity contribution is 0.178. The standard InChI is InChI=1S/C24H27FN6O/c1-17-4-9-23(27-26-17)29-14-12-28(13-15-29)10-3-11-30-20-8-6-19(25)16-22(20)31-18(2)5-7-21(31)24(30)32/h4-9,16,26H,1,3,10-15H2,2H3. The Balaban J connectivity index is 1.27. The van der Waals surface area contributed by atoms with E-state index in [4.69, 9.17) is 0 Å². The lowest BCUT2D eigenvalue weighted by Crippen LogP contribution is -2.49. The Morgan fingerprint density at radius 1 is 1.03 bits per heavy atom. The molecular weight excluding hydrogens is 407 g/mol. The monoisotopic (exact) mass is 434 g/mol. The molecule has 0 atom stereocenters. The van der Waals surface area contributed by atoms with Gasteiger partial charge in [0.1, 0.15) is 17.2 Å². The lowest BCUT2D eigenvalue weighted by atomic mass is 10.2. The van der Waals surface area contributed by atoms with E-state index in [-0.39, 0.29) is 11.4 Å². The minimum Gasteiger partial charge on any atom is -0.353 e. The van der Waals surface area contributed by atoms with Crippen LogP contribution in [-0.4, -0.2) is 57.3 Å². The number of aromatic nitrogens is 2. The summed E-state index contributed by atoms with van der Waals surface area (Å²) in [5.41, 5.74) is 6.71. The molecule has 0 aliphatic carbocycles. The van der Waals surface area contributed by atoms with Gasteiger partial charge < -0.3 is 13.9 Å². The van der Waals surface area contributed by atoms with Crippen molar-refractivity contribution in [3.63, 3.8) is 0 Å². The van der Waals surface area contributed by atoms with Gasteiger partial charge in [-0.3, -0.25) is 15.1 Å². The molecule has 0 radical (unpaired) electrons. The molecule has 0 bridgehead atoms. The average Bonchev–Trinajstić information content (AvgIpc) is 3.19. The number of hydrazone groups is 1. The molecule has 2 aliphatic heterocycles. The average molecular weight is 435 g/mol. The van der Waals surface area contributed by atoms with Crippen molar-refractivity contribution in [1.29, 1.82) is 0 Å². The summed E-state index contributed by atoms with van der Waals surface area (Å²) in [6.45, 7) is 11.0. The third kappa shape index (κ3) is 3.71. The highest BCUT2D eigenvalue weighted by atomic mass is 19.1. The zero-order valence-electron chi connectivity index (χ0n) is 18.2. The van der Waals surface area contributed by atoms with Crippen LogP contribution in [-0.2, 0) is 6.54 Å². The summed E-state index contributed by atoms with van der Waals surface area (Å²) < 4.78 is 17.6. The summed E-state index contributed by atoms with van der Waals surface area (Å²) in [7, 11) is 0. The number of amidine groups is 1. The summed E-state index contributed by atoms with van der Waals surface area (Å²) in [5, 5.41) is 4.35. The van der Waals surface area contributed by atoms with Crippen molar-refractivity contribution in [3.8, 4) is 0 Å². The van der Waals surface area contributed by atoms with Crippen LogP contribution in [0.1, 0.15) is 12.1 Å². The molecule has 1 fully saturated rings. The molecule has 0 amide bonds. The van der Waals surface area contributed by atoms with E-state index in [1.807, 2.05) is 35.6 Å². The van der Waals surface area contributed by atoms with Gasteiger partial charge >= 0.3 is 0 Å². The van der Waals surface area contributed by atoms with Gasteiger partial charge in [-0.05, 0) is 62.4 Å². The SMILES string of the molecule is C=C1C=CC(N2CCN(CCCn3c(=O)c4ccc(C)n4c4cc(F)ccc43)CC2)=NN1. The van der Waals surface area contributed by atoms with Gasteiger partial charge in [0.05, 0.1) is 11.0 Å². The number of rotatable bonds is 4. The fourth-order valence-electron chi connectivity index (χ4n) is 4.61. The van der Waals surface area contributed by atoms with E-state index in [0.717, 1.165) is 67.4 Å². The predicted octanol–water partition coefficient (Wildman–Crippen LogP) is 2.70. The number of nitrogens with zero attached hydrogens (tertiary/aromatic N) is 5. The van der Waals surface area contributed by atoms with E-state index in [1.165, 1.54) is 12.1 Å². The van der Waals surface area contributed by atoms with Crippen molar-refractivity contribution < 1.29 is 4.39 Å². The Morgan fingerprint density at radius 3 is 2.56 bits per heavy atom. The Kier molecular flexibility index (Phi) is 5.30. The number of benzene rings is 1. The lowest BCUT2D eigenvalue weighted by Gasteiger charge is -2.36. The minimum absolute atomic E-state index is 0.0294. The van der Waals surface area contributed by atoms with Gasteiger partial charge in [-0.25, -0.2) is 4.39 Å². The van der Waals surface area contributed by atoms with Gasteiger partial charge in [-0.2, -0.15) is 5.10 Å². The first-order chi connectivity index (χ1) is 15.5. The Morgan fingerprint density at radius 2 is 1.81 bits per heavy atom. The molecule has 4 heterocycles. The van der Waals surface area contributed by atoms with Crippen molar-refractivity contribution in [2.24, 2.45) is 5.10 Å². The quantitative estimate of drug-likeness (QED) is 0.686. The first-order valence-electron chi connectivity index (χ1n) is 11.0. The molecule has 2 aliphatic rings. The van der Waals surface area contributed by atoms with Crippen LogP contribution in [0.2, 0.25) is 0 Å². The van der Waals surface area contributed by atoms with Crippen LogP contribution < -0.4 is 11.0 Å². The van der Waals surface area contributed by atoms with Gasteiger partial charge in [0, 0.05) is 44.1 Å². The molecule has 0 unspecified atom stereocenters. The van der Waals surface area contributed by atoms with Crippen LogP contribution in [0.15, 0.2) is 64.7 Å². The summed E-state index contributed by atoms with van der Waals surface area (Å²) >= 11 is 0. The number of aryl methyl sites for hydroxylation is 2. The van der Waals surface area contributed by atoms with E-state index in [2.05, 4.69) is 26.9 Å². The molecule has 2 aromatic heterocycles. The maximum atomic E-state index is 14.0. The molecule has 3 aromatic rings. The Bertz CT molecular complexity index is 1310. The number of piperazine rings is 1. The molecular formula is C24H27FN6O. The Labute approximate surface area is 185 Å². The summed E-state index contributed by atoms with van der Waals surface area (Å²) in [4.78, 5) is 17.8. The second-order valence-electron chi connectivity index (χ2n) is 8.41. The van der Waals surface area contributed by atoms with E-state index in [0.29, 0.717) is 12.1 Å². The third-order valence-electron chi connectivity index (χ3n) is 6.31. The maximum absolute atomic E-state index is 14.0. The highest BCUT2D eigenvalue weighted by Crippen LogP contribution is 2.19. The number of fused-ring (bicyclic) bond motifs is 3. The van der Waals surface area contributed by atoms with Crippen molar-refractivity contribution in [2.45, 2.75) is 19.9 Å². The van der Waals surface area contributed by atoms with E-state index >= 15 is 0 Å². The summed E-state index contributed by atoms with van der Waals surface area (Å²) in [6, 6.07) is 8.38. The first-order valence-corrected chi connectivity index (χ1v) is 11.0. The van der Waals surface area contributed by atoms with E-state index in [1.54, 1.807) is 10.6 Å². The van der Waals surface area contributed by atoms with Crippen LogP contribution in [0.25, 0.3) is 16.6 Å². The van der Waals surface area contributed by atoms with Gasteiger partial charge in [-0.15, -0.1) is 0 Å². The van der Waals surface area contributed by atoms with Crippen molar-refractivity contribution in [3.05, 3.63) is 76.6 Å². The van der Waals surface area contributed by atoms with Gasteiger partial charge in [0.15, 0.2) is 0 Å². The zero-order valence-corrected chi connectivity index (χ0v) is 18.2. The summed E-state index contributed by atoms with van der Waals surface area (Å²) in [5.74, 6) is 0.644. The maximum Gasteiger partial charge on any atom is 0.275 e. The second kappa shape index (κ2) is 8.27. The summed E-state index contributed by atoms with van der Waals surface area (Å²) in [6.07, 6.45) is 4.78. The fourth-order valence-corrected chi connectivity index (χ4v) is 4.61. The molecule has 1 saturated heterocycles. The Hall–Kier alpha value is -3.39. The molecule has 1 N–H and O–H groups in total. The number of allylic oxidation sites excluding steroid dienone is 1. The molecule has 8 heteroatoms. The minimum atomic E-state index is -0.299.